The Morgan fingerprint density at radius 2 is 2.08 bits per heavy atom. The van der Waals surface area contributed by atoms with Crippen molar-refractivity contribution in [1.29, 1.82) is 0 Å². The summed E-state index contributed by atoms with van der Waals surface area (Å²) >= 11 is 0. The first-order chi connectivity index (χ1) is 5.58. The molecule has 0 saturated heterocycles. The van der Waals surface area contributed by atoms with Gasteiger partial charge in [-0.1, -0.05) is 31.4 Å². The van der Waals surface area contributed by atoms with Crippen molar-refractivity contribution in [2.24, 2.45) is 0 Å². The highest BCUT2D eigenvalue weighted by Gasteiger charge is 2.06. The number of aromatic nitrogens is 1. The molecule has 0 fully saturated rings. The van der Waals surface area contributed by atoms with E-state index in [-0.39, 0.29) is 0 Å². The van der Waals surface area contributed by atoms with Crippen LogP contribution in [0.15, 0.2) is 30.1 Å². The Balaban J connectivity index is 2.71. The summed E-state index contributed by atoms with van der Waals surface area (Å²) in [6, 6.07) is 5.86. The average molecular weight is 176 g/mol. The van der Waals surface area contributed by atoms with Gasteiger partial charge in [-0.25, -0.2) is 0 Å². The third-order valence-electron chi connectivity index (χ3n) is 1.32. The molecule has 63 valence electrons. The predicted octanol–water partition coefficient (Wildman–Crippen LogP) is 2.67. The highest BCUT2D eigenvalue weighted by atomic mass is 28.3. The summed E-state index contributed by atoms with van der Waals surface area (Å²) in [4.78, 5) is 4.16. The Kier molecular flexibility index (Phi) is 2.81. The van der Waals surface area contributed by atoms with E-state index in [9.17, 15) is 0 Å². The Morgan fingerprint density at radius 1 is 1.33 bits per heavy atom. The van der Waals surface area contributed by atoms with Gasteiger partial charge >= 0.3 is 0 Å². The lowest BCUT2D eigenvalue weighted by atomic mass is 10.3. The van der Waals surface area contributed by atoms with Crippen molar-refractivity contribution in [3.8, 4) is 0 Å². The molecule has 0 N–H and O–H groups in total. The molecule has 0 aliphatic carbocycles. The van der Waals surface area contributed by atoms with Crippen LogP contribution in [0.3, 0.4) is 0 Å². The van der Waals surface area contributed by atoms with E-state index in [0.717, 1.165) is 5.69 Å². The molecule has 1 nitrogen and oxygen atoms in total. The molecular weight excluding hydrogens is 162 g/mol. The lowest BCUT2D eigenvalue weighted by Gasteiger charge is -2.06. The first-order valence-corrected chi connectivity index (χ1v) is 7.68. The van der Waals surface area contributed by atoms with Crippen LogP contribution in [0, 0.1) is 6.08 Å². The van der Waals surface area contributed by atoms with Crippen molar-refractivity contribution in [3.05, 3.63) is 41.9 Å². The van der Waals surface area contributed by atoms with Gasteiger partial charge in [0.15, 0.2) is 0 Å². The molecule has 1 aromatic heterocycles. The van der Waals surface area contributed by atoms with Crippen molar-refractivity contribution in [3.63, 3.8) is 0 Å². The molecule has 2 heteroatoms. The molecule has 0 amide bonds. The minimum absolute atomic E-state index is 0.930. The van der Waals surface area contributed by atoms with Crippen molar-refractivity contribution in [2.75, 3.05) is 0 Å². The summed E-state index contributed by atoms with van der Waals surface area (Å²) in [5, 5.41) is 0. The van der Waals surface area contributed by atoms with Crippen molar-refractivity contribution < 1.29 is 0 Å². The molecule has 0 bridgehead atoms. The summed E-state index contributed by atoms with van der Waals surface area (Å²) in [6.45, 7) is 6.84. The maximum atomic E-state index is 4.16. The first kappa shape index (κ1) is 9.20. The average Bonchev–Trinajstić information content (AvgIpc) is 2.02. The van der Waals surface area contributed by atoms with Gasteiger partial charge < -0.3 is 0 Å². The van der Waals surface area contributed by atoms with Crippen LogP contribution in [0.4, 0.5) is 0 Å². The molecular formula is C10H14NSi. The maximum Gasteiger partial charge on any atom is 0.0701 e. The lowest BCUT2D eigenvalue weighted by Crippen LogP contribution is -2.15. The van der Waals surface area contributed by atoms with Crippen molar-refractivity contribution in [1.82, 2.24) is 4.98 Å². The highest BCUT2D eigenvalue weighted by molar-refractivity contribution is 6.80. The molecule has 0 atom stereocenters. The summed E-state index contributed by atoms with van der Waals surface area (Å²) < 4.78 is 0. The standard InChI is InChI=1S/C10H14NSi/c1-12(2,3)9-7-10-6-4-5-8-11-10/h4-6,8-9H,1-3H3. The summed E-state index contributed by atoms with van der Waals surface area (Å²) in [5.41, 5.74) is 3.11. The number of pyridine rings is 1. The van der Waals surface area contributed by atoms with Crippen LogP contribution in [-0.4, -0.2) is 13.1 Å². The van der Waals surface area contributed by atoms with Gasteiger partial charge in [0.25, 0.3) is 0 Å². The Bertz CT molecular complexity index is 259. The van der Waals surface area contributed by atoms with E-state index < -0.39 is 8.07 Å². The van der Waals surface area contributed by atoms with Crippen LogP contribution in [0.5, 0.6) is 0 Å². The van der Waals surface area contributed by atoms with E-state index in [1.807, 2.05) is 18.2 Å². The molecule has 0 unspecified atom stereocenters. The fourth-order valence-corrected chi connectivity index (χ4v) is 1.32. The normalized spacial score (nSPS) is 12.2. The van der Waals surface area contributed by atoms with Crippen LogP contribution in [0.2, 0.25) is 19.6 Å². The molecule has 1 rings (SSSR count). The maximum absolute atomic E-state index is 4.16. The zero-order valence-electron chi connectivity index (χ0n) is 7.83. The van der Waals surface area contributed by atoms with Crippen molar-refractivity contribution >= 4 is 8.07 Å². The van der Waals surface area contributed by atoms with Gasteiger partial charge in [0.1, 0.15) is 0 Å². The van der Waals surface area contributed by atoms with Crippen LogP contribution in [-0.2, 0) is 0 Å². The largest absolute Gasteiger partial charge is 0.256 e. The highest BCUT2D eigenvalue weighted by Crippen LogP contribution is 2.03. The molecule has 0 aliphatic heterocycles. The lowest BCUT2D eigenvalue weighted by molar-refractivity contribution is 1.25. The molecule has 0 aliphatic rings. The summed E-state index contributed by atoms with van der Waals surface area (Å²) in [6.07, 6.45) is 5.00. The van der Waals surface area contributed by atoms with Gasteiger partial charge in [0.05, 0.1) is 13.8 Å². The van der Waals surface area contributed by atoms with E-state index in [0.29, 0.717) is 0 Å². The third kappa shape index (κ3) is 3.48. The topological polar surface area (TPSA) is 12.9 Å². The van der Waals surface area contributed by atoms with Gasteiger partial charge in [-0.05, 0) is 12.1 Å². The van der Waals surface area contributed by atoms with Gasteiger partial charge in [-0.3, -0.25) is 4.98 Å². The van der Waals surface area contributed by atoms with E-state index >= 15 is 0 Å². The second kappa shape index (κ2) is 3.67. The molecule has 0 saturated carbocycles. The SMILES string of the molecule is C[Si](C)(C)C=[C]c1ccccn1. The van der Waals surface area contributed by atoms with Gasteiger partial charge in [0.2, 0.25) is 0 Å². The van der Waals surface area contributed by atoms with Crippen molar-refractivity contribution in [2.45, 2.75) is 19.6 Å². The molecule has 12 heavy (non-hydrogen) atoms. The monoisotopic (exact) mass is 176 g/mol. The van der Waals surface area contributed by atoms with Crippen LogP contribution >= 0.6 is 0 Å². The molecule has 0 spiro atoms. The zero-order valence-corrected chi connectivity index (χ0v) is 8.83. The fraction of sp³-hybridized carbons (Fsp3) is 0.300. The van der Waals surface area contributed by atoms with Crippen LogP contribution in [0.25, 0.3) is 0 Å². The van der Waals surface area contributed by atoms with Gasteiger partial charge in [0, 0.05) is 12.3 Å². The fourth-order valence-electron chi connectivity index (χ4n) is 0.739. The second-order valence-electron chi connectivity index (χ2n) is 3.87. The molecule has 1 heterocycles. The number of nitrogens with zero attached hydrogens (tertiary/aromatic N) is 1. The summed E-state index contributed by atoms with van der Waals surface area (Å²) in [5.74, 6) is 0. The van der Waals surface area contributed by atoms with E-state index in [2.05, 4.69) is 36.4 Å². The minimum atomic E-state index is -1.12. The van der Waals surface area contributed by atoms with Crippen LogP contribution < -0.4 is 0 Å². The van der Waals surface area contributed by atoms with E-state index in [4.69, 9.17) is 0 Å². The molecule has 1 aromatic rings. The number of rotatable bonds is 2. The Morgan fingerprint density at radius 3 is 2.58 bits per heavy atom. The molecule has 0 aromatic carbocycles. The first-order valence-electron chi connectivity index (χ1n) is 4.10. The third-order valence-corrected chi connectivity index (χ3v) is 2.33. The summed E-state index contributed by atoms with van der Waals surface area (Å²) in [7, 11) is -1.12. The number of hydrogen-bond acceptors (Lipinski definition) is 1. The molecule has 1 radical (unpaired) electrons. The zero-order chi connectivity index (χ0) is 9.03. The van der Waals surface area contributed by atoms with Crippen LogP contribution in [0.1, 0.15) is 5.69 Å². The van der Waals surface area contributed by atoms with Gasteiger partial charge in [-0.15, -0.1) is 0 Å². The predicted molar refractivity (Wildman–Crippen MR) is 54.5 cm³/mol. The smallest absolute Gasteiger partial charge is 0.0701 e. The van der Waals surface area contributed by atoms with E-state index in [1.54, 1.807) is 6.20 Å². The quantitative estimate of drug-likeness (QED) is 0.631. The Hall–Kier alpha value is -0.893. The van der Waals surface area contributed by atoms with Gasteiger partial charge in [-0.2, -0.15) is 0 Å². The van der Waals surface area contributed by atoms with E-state index in [1.165, 1.54) is 0 Å². The number of hydrogen-bond donors (Lipinski definition) is 0. The minimum Gasteiger partial charge on any atom is -0.256 e. The second-order valence-corrected chi connectivity index (χ2v) is 8.89. The Labute approximate surface area is 75.2 Å².